The minimum absolute atomic E-state index is 0.0504. The van der Waals surface area contributed by atoms with E-state index in [0.29, 0.717) is 48.7 Å². The molecule has 1 aromatic heterocycles. The Hall–Kier alpha value is -2.63. The van der Waals surface area contributed by atoms with Crippen LogP contribution in [0.25, 0.3) is 0 Å². The van der Waals surface area contributed by atoms with Gasteiger partial charge in [0.25, 0.3) is 5.91 Å². The minimum Gasteiger partial charge on any atom is -0.361 e. The van der Waals surface area contributed by atoms with Crippen molar-refractivity contribution in [1.29, 1.82) is 0 Å². The van der Waals surface area contributed by atoms with E-state index < -0.39 is 0 Å². The van der Waals surface area contributed by atoms with E-state index in [1.54, 1.807) is 13.0 Å². The minimum atomic E-state index is -0.0504. The second kappa shape index (κ2) is 7.32. The van der Waals surface area contributed by atoms with Crippen LogP contribution in [-0.2, 0) is 11.2 Å². The zero-order valence-electron chi connectivity index (χ0n) is 16.8. The van der Waals surface area contributed by atoms with Crippen molar-refractivity contribution in [2.24, 2.45) is 11.8 Å². The highest BCUT2D eigenvalue weighted by molar-refractivity contribution is 5.92. The van der Waals surface area contributed by atoms with Crippen molar-refractivity contribution in [2.75, 3.05) is 13.1 Å². The number of aromatic nitrogens is 1. The number of nitrogens with zero attached hydrogens (tertiary/aromatic N) is 3. The molecule has 5 rings (SSSR count). The van der Waals surface area contributed by atoms with Crippen molar-refractivity contribution in [2.45, 2.75) is 51.1 Å². The van der Waals surface area contributed by atoms with E-state index in [1.807, 2.05) is 11.0 Å². The third-order valence-electron chi connectivity index (χ3n) is 6.92. The highest BCUT2D eigenvalue weighted by Gasteiger charge is 2.50. The van der Waals surface area contributed by atoms with Gasteiger partial charge in [-0.1, -0.05) is 35.5 Å². The molecule has 0 radical (unpaired) electrons. The first kappa shape index (κ1) is 18.4. The van der Waals surface area contributed by atoms with Crippen LogP contribution in [0.3, 0.4) is 0 Å². The van der Waals surface area contributed by atoms with Crippen LogP contribution >= 0.6 is 0 Å². The quantitative estimate of drug-likeness (QED) is 0.804. The Morgan fingerprint density at radius 2 is 2.00 bits per heavy atom. The van der Waals surface area contributed by atoms with Crippen LogP contribution in [0.15, 0.2) is 40.9 Å². The van der Waals surface area contributed by atoms with Crippen LogP contribution in [0.2, 0.25) is 0 Å². The molecule has 0 spiro atoms. The molecular weight excluding hydrogens is 366 g/mol. The summed E-state index contributed by atoms with van der Waals surface area (Å²) in [7, 11) is 0. The van der Waals surface area contributed by atoms with Gasteiger partial charge in [0.1, 0.15) is 5.76 Å². The lowest BCUT2D eigenvalue weighted by Gasteiger charge is -2.56. The summed E-state index contributed by atoms with van der Waals surface area (Å²) in [6.07, 6.45) is 4.59. The zero-order valence-corrected chi connectivity index (χ0v) is 16.8. The number of rotatable bonds is 3. The van der Waals surface area contributed by atoms with Crippen LogP contribution in [0.5, 0.6) is 0 Å². The normalized spacial score (nSPS) is 28.9. The number of amides is 2. The average Bonchev–Trinajstić information content (AvgIpc) is 3.17. The molecule has 3 aliphatic rings. The van der Waals surface area contributed by atoms with Gasteiger partial charge >= 0.3 is 0 Å². The second-order valence-electron chi connectivity index (χ2n) is 8.81. The number of hydrogen-bond acceptors (Lipinski definition) is 4. The van der Waals surface area contributed by atoms with Gasteiger partial charge in [0.05, 0.1) is 0 Å². The predicted molar refractivity (Wildman–Crippen MR) is 107 cm³/mol. The molecule has 0 N–H and O–H groups in total. The summed E-state index contributed by atoms with van der Waals surface area (Å²) in [6, 6.07) is 12.5. The Kier molecular flexibility index (Phi) is 4.64. The number of carbonyl (C=O) groups is 2. The van der Waals surface area contributed by atoms with E-state index in [4.69, 9.17) is 4.52 Å². The number of hydrogen-bond donors (Lipinski definition) is 0. The molecule has 6 heteroatoms. The molecule has 6 nitrogen and oxygen atoms in total. The number of benzene rings is 1. The van der Waals surface area contributed by atoms with Crippen molar-refractivity contribution in [1.82, 2.24) is 15.0 Å². The lowest BCUT2D eigenvalue weighted by atomic mass is 9.70. The first-order chi connectivity index (χ1) is 14.1. The highest BCUT2D eigenvalue weighted by Crippen LogP contribution is 2.42. The Balaban J connectivity index is 1.44. The summed E-state index contributed by atoms with van der Waals surface area (Å²) in [6.45, 7) is 3.18. The molecule has 1 aromatic carbocycles. The maximum absolute atomic E-state index is 13.1. The van der Waals surface area contributed by atoms with Gasteiger partial charge in [-0.15, -0.1) is 0 Å². The van der Waals surface area contributed by atoms with E-state index in [2.05, 4.69) is 34.3 Å². The number of fused-ring (bicyclic) bond motifs is 4. The van der Waals surface area contributed by atoms with Crippen molar-refractivity contribution < 1.29 is 14.1 Å². The molecular formula is C23H27N3O3. The van der Waals surface area contributed by atoms with Crippen LogP contribution in [-0.4, -0.2) is 51.9 Å². The van der Waals surface area contributed by atoms with Crippen molar-refractivity contribution in [3.8, 4) is 0 Å². The first-order valence-corrected chi connectivity index (χ1v) is 10.7. The summed E-state index contributed by atoms with van der Waals surface area (Å²) >= 11 is 0. The summed E-state index contributed by atoms with van der Waals surface area (Å²) in [5.41, 5.74) is 1.64. The number of likely N-dealkylation sites (tertiary alicyclic amines) is 1. The van der Waals surface area contributed by atoms with Crippen molar-refractivity contribution in [3.05, 3.63) is 53.4 Å². The van der Waals surface area contributed by atoms with E-state index in [0.717, 1.165) is 25.7 Å². The number of aryl methyl sites for hydroxylation is 1. The van der Waals surface area contributed by atoms with E-state index >= 15 is 0 Å². The summed E-state index contributed by atoms with van der Waals surface area (Å²) < 4.78 is 5.12. The fourth-order valence-corrected chi connectivity index (χ4v) is 5.69. The third kappa shape index (κ3) is 3.34. The van der Waals surface area contributed by atoms with Crippen LogP contribution in [0, 0.1) is 18.8 Å². The maximum Gasteiger partial charge on any atom is 0.276 e. The molecule has 2 bridgehead atoms. The van der Waals surface area contributed by atoms with Gasteiger partial charge in [0.2, 0.25) is 5.91 Å². The van der Waals surface area contributed by atoms with Gasteiger partial charge in [0, 0.05) is 37.7 Å². The van der Waals surface area contributed by atoms with Gasteiger partial charge in [-0.2, -0.15) is 0 Å². The van der Waals surface area contributed by atoms with E-state index in [-0.39, 0.29) is 18.0 Å². The summed E-state index contributed by atoms with van der Waals surface area (Å²) in [5.74, 6) is 1.54. The Morgan fingerprint density at radius 3 is 2.76 bits per heavy atom. The predicted octanol–water partition coefficient (Wildman–Crippen LogP) is 3.07. The summed E-state index contributed by atoms with van der Waals surface area (Å²) in [4.78, 5) is 30.1. The van der Waals surface area contributed by atoms with Crippen molar-refractivity contribution >= 4 is 11.8 Å². The summed E-state index contributed by atoms with van der Waals surface area (Å²) in [5, 5.41) is 3.93. The van der Waals surface area contributed by atoms with Crippen LogP contribution in [0.4, 0.5) is 0 Å². The molecule has 0 saturated carbocycles. The topological polar surface area (TPSA) is 66.7 Å². The highest BCUT2D eigenvalue weighted by atomic mass is 16.5. The monoisotopic (exact) mass is 393 g/mol. The average molecular weight is 393 g/mol. The Labute approximate surface area is 170 Å². The molecule has 29 heavy (non-hydrogen) atoms. The van der Waals surface area contributed by atoms with Crippen LogP contribution in [0.1, 0.15) is 47.5 Å². The molecule has 4 atom stereocenters. The number of carbonyl (C=O) groups excluding carboxylic acids is 2. The van der Waals surface area contributed by atoms with Gasteiger partial charge in [-0.05, 0) is 50.0 Å². The number of piperidine rings is 3. The van der Waals surface area contributed by atoms with Crippen molar-refractivity contribution in [3.63, 3.8) is 0 Å². The lowest BCUT2D eigenvalue weighted by Crippen LogP contribution is -2.66. The molecule has 3 saturated heterocycles. The molecule has 4 heterocycles. The van der Waals surface area contributed by atoms with E-state index in [1.165, 1.54) is 5.56 Å². The molecule has 2 amide bonds. The largest absolute Gasteiger partial charge is 0.361 e. The van der Waals surface area contributed by atoms with Gasteiger partial charge in [-0.3, -0.25) is 9.59 Å². The molecule has 0 unspecified atom stereocenters. The SMILES string of the molecule is Cc1cc(C(=O)N2C[C@H]3C[C@@H](C2)[C@H](Cc2ccccc2)N2C(=O)CCC[C@@H]32)no1. The lowest BCUT2D eigenvalue weighted by molar-refractivity contribution is -0.151. The van der Waals surface area contributed by atoms with E-state index in [9.17, 15) is 9.59 Å². The molecule has 3 aliphatic heterocycles. The van der Waals surface area contributed by atoms with Gasteiger partial charge in [-0.25, -0.2) is 0 Å². The Bertz CT molecular complexity index is 909. The standard InChI is InChI=1S/C23H27N3O3/c1-15-10-19(24-29-15)23(28)25-13-17-12-18(14-25)21(11-16-6-3-2-4-7-16)26-20(17)8-5-9-22(26)27/h2-4,6-7,10,17-18,20-21H,5,8-9,11-14H2,1H3/t17-,18+,20+,21+/m1/s1. The van der Waals surface area contributed by atoms with Crippen LogP contribution < -0.4 is 0 Å². The second-order valence-corrected chi connectivity index (χ2v) is 8.81. The maximum atomic E-state index is 13.1. The first-order valence-electron chi connectivity index (χ1n) is 10.7. The Morgan fingerprint density at radius 1 is 1.21 bits per heavy atom. The molecule has 0 aliphatic carbocycles. The fourth-order valence-electron chi connectivity index (χ4n) is 5.69. The zero-order chi connectivity index (χ0) is 20.0. The smallest absolute Gasteiger partial charge is 0.276 e. The molecule has 2 aromatic rings. The van der Waals surface area contributed by atoms with Gasteiger partial charge in [0.15, 0.2) is 5.69 Å². The fraction of sp³-hybridized carbons (Fsp3) is 0.522. The molecule has 152 valence electrons. The van der Waals surface area contributed by atoms with Gasteiger partial charge < -0.3 is 14.3 Å². The molecule has 3 fully saturated rings. The third-order valence-corrected chi connectivity index (χ3v) is 6.92.